The Balaban J connectivity index is 2.10. The molecule has 0 atom stereocenters. The monoisotopic (exact) mass is 261 g/mol. The summed E-state index contributed by atoms with van der Waals surface area (Å²) >= 11 is 0. The molecule has 0 amide bonds. The number of benzene rings is 2. The van der Waals surface area contributed by atoms with Crippen LogP contribution in [0.4, 0.5) is 10.1 Å². The molecule has 0 unspecified atom stereocenters. The molecule has 0 spiro atoms. The maximum Gasteiger partial charge on any atom is 0.165 e. The second-order valence-corrected chi connectivity index (χ2v) is 4.23. The zero-order chi connectivity index (χ0) is 13.8. The molecular weight excluding hydrogens is 245 g/mol. The highest BCUT2D eigenvalue weighted by atomic mass is 19.1. The molecule has 3 nitrogen and oxygen atoms in total. The number of anilines is 1. The molecule has 2 aromatic carbocycles. The molecule has 0 aliphatic carbocycles. The molecule has 2 N–H and O–H groups in total. The molecule has 2 aromatic rings. The lowest BCUT2D eigenvalue weighted by Gasteiger charge is -2.11. The Morgan fingerprint density at radius 1 is 1.16 bits per heavy atom. The molecule has 0 bridgehead atoms. The lowest BCUT2D eigenvalue weighted by atomic mass is 10.2. The lowest BCUT2D eigenvalue weighted by molar-refractivity contribution is 0.303. The molecule has 0 heterocycles. The van der Waals surface area contributed by atoms with Crippen molar-refractivity contribution >= 4 is 5.69 Å². The van der Waals surface area contributed by atoms with Crippen molar-refractivity contribution in [3.63, 3.8) is 0 Å². The van der Waals surface area contributed by atoms with Crippen molar-refractivity contribution in [3.8, 4) is 11.5 Å². The average Bonchev–Trinajstić information content (AvgIpc) is 2.40. The van der Waals surface area contributed by atoms with Crippen LogP contribution in [0.3, 0.4) is 0 Å². The van der Waals surface area contributed by atoms with E-state index in [0.717, 1.165) is 11.1 Å². The number of hydrogen-bond acceptors (Lipinski definition) is 3. The Hall–Kier alpha value is -2.23. The van der Waals surface area contributed by atoms with Crippen molar-refractivity contribution in [1.82, 2.24) is 0 Å². The van der Waals surface area contributed by atoms with E-state index < -0.39 is 5.82 Å². The van der Waals surface area contributed by atoms with Crippen LogP contribution in [0.25, 0.3) is 0 Å². The molecule has 0 saturated heterocycles. The van der Waals surface area contributed by atoms with Crippen molar-refractivity contribution in [2.45, 2.75) is 13.5 Å². The van der Waals surface area contributed by atoms with E-state index in [2.05, 4.69) is 0 Å². The van der Waals surface area contributed by atoms with Gasteiger partial charge in [0.2, 0.25) is 0 Å². The fourth-order valence-electron chi connectivity index (χ4n) is 1.75. The quantitative estimate of drug-likeness (QED) is 0.859. The van der Waals surface area contributed by atoms with Crippen LogP contribution in [0.2, 0.25) is 0 Å². The van der Waals surface area contributed by atoms with Gasteiger partial charge in [0, 0.05) is 11.3 Å². The molecule has 0 fully saturated rings. The minimum atomic E-state index is -0.395. The van der Waals surface area contributed by atoms with Gasteiger partial charge in [0.15, 0.2) is 11.6 Å². The molecule has 19 heavy (non-hydrogen) atoms. The minimum absolute atomic E-state index is 0.226. The number of rotatable bonds is 4. The molecule has 0 radical (unpaired) electrons. The number of nitrogen functional groups attached to an aromatic ring is 1. The topological polar surface area (TPSA) is 44.5 Å². The van der Waals surface area contributed by atoms with E-state index in [1.54, 1.807) is 12.1 Å². The Labute approximate surface area is 111 Å². The first-order valence-corrected chi connectivity index (χ1v) is 5.92. The number of ether oxygens (including phenoxy) is 2. The van der Waals surface area contributed by atoms with E-state index in [1.807, 2.05) is 25.1 Å². The van der Waals surface area contributed by atoms with Gasteiger partial charge in [0.05, 0.1) is 7.11 Å². The minimum Gasteiger partial charge on any atom is -0.494 e. The summed E-state index contributed by atoms with van der Waals surface area (Å²) in [5.74, 6) is 0.535. The third kappa shape index (κ3) is 2.96. The normalized spacial score (nSPS) is 10.3. The summed E-state index contributed by atoms with van der Waals surface area (Å²) in [6.07, 6.45) is 0. The Kier molecular flexibility index (Phi) is 3.90. The van der Waals surface area contributed by atoms with Gasteiger partial charge in [-0.2, -0.15) is 0 Å². The highest BCUT2D eigenvalue weighted by Gasteiger charge is 2.06. The molecule has 4 heteroatoms. The van der Waals surface area contributed by atoms with Crippen LogP contribution in [0, 0.1) is 12.7 Å². The van der Waals surface area contributed by atoms with Gasteiger partial charge in [-0.1, -0.05) is 12.1 Å². The number of halogens is 1. The molecule has 0 aliphatic heterocycles. The van der Waals surface area contributed by atoms with Gasteiger partial charge in [-0.25, -0.2) is 4.39 Å². The summed E-state index contributed by atoms with van der Waals surface area (Å²) in [7, 11) is 1.44. The maximum atomic E-state index is 13.5. The van der Waals surface area contributed by atoms with Gasteiger partial charge >= 0.3 is 0 Å². The fourth-order valence-corrected chi connectivity index (χ4v) is 1.75. The smallest absolute Gasteiger partial charge is 0.165 e. The van der Waals surface area contributed by atoms with Crippen LogP contribution >= 0.6 is 0 Å². The molecule has 0 saturated carbocycles. The van der Waals surface area contributed by atoms with E-state index in [-0.39, 0.29) is 12.4 Å². The van der Waals surface area contributed by atoms with Crippen LogP contribution in [0.15, 0.2) is 36.4 Å². The Bertz CT molecular complexity index is 584. The van der Waals surface area contributed by atoms with Crippen LogP contribution in [-0.4, -0.2) is 7.11 Å². The summed E-state index contributed by atoms with van der Waals surface area (Å²) in [6, 6.07) is 10.2. The summed E-state index contributed by atoms with van der Waals surface area (Å²) < 4.78 is 24.0. The standard InChI is InChI=1S/C15H16FNO2/c1-10-13(17)4-3-5-14(10)19-9-11-6-7-15(18-2)12(16)8-11/h3-8H,9,17H2,1-2H3. The zero-order valence-electron chi connectivity index (χ0n) is 10.9. The van der Waals surface area contributed by atoms with Crippen molar-refractivity contribution in [2.75, 3.05) is 12.8 Å². The van der Waals surface area contributed by atoms with E-state index in [0.29, 0.717) is 11.4 Å². The first kappa shape index (κ1) is 13.2. The predicted octanol–water partition coefficient (Wildman–Crippen LogP) is 3.30. The van der Waals surface area contributed by atoms with Gasteiger partial charge < -0.3 is 15.2 Å². The van der Waals surface area contributed by atoms with Gasteiger partial charge in [0.25, 0.3) is 0 Å². The van der Waals surface area contributed by atoms with Crippen LogP contribution in [-0.2, 0) is 6.61 Å². The Morgan fingerprint density at radius 3 is 2.63 bits per heavy atom. The second-order valence-electron chi connectivity index (χ2n) is 4.23. The second kappa shape index (κ2) is 5.61. The van der Waals surface area contributed by atoms with Crippen LogP contribution in [0.5, 0.6) is 11.5 Å². The lowest BCUT2D eigenvalue weighted by Crippen LogP contribution is -2.00. The van der Waals surface area contributed by atoms with Gasteiger partial charge in [-0.15, -0.1) is 0 Å². The van der Waals surface area contributed by atoms with Crippen molar-refractivity contribution in [3.05, 3.63) is 53.3 Å². The predicted molar refractivity (Wildman–Crippen MR) is 72.9 cm³/mol. The Morgan fingerprint density at radius 2 is 1.95 bits per heavy atom. The highest BCUT2D eigenvalue weighted by molar-refractivity contribution is 5.53. The molecule has 100 valence electrons. The average molecular weight is 261 g/mol. The molecular formula is C15H16FNO2. The van der Waals surface area contributed by atoms with E-state index in [4.69, 9.17) is 15.2 Å². The van der Waals surface area contributed by atoms with E-state index in [9.17, 15) is 4.39 Å². The molecule has 2 rings (SSSR count). The summed E-state index contributed by atoms with van der Waals surface area (Å²) in [5, 5.41) is 0. The maximum absolute atomic E-state index is 13.5. The highest BCUT2D eigenvalue weighted by Crippen LogP contribution is 2.24. The van der Waals surface area contributed by atoms with E-state index >= 15 is 0 Å². The zero-order valence-corrected chi connectivity index (χ0v) is 10.9. The first-order chi connectivity index (χ1) is 9.11. The van der Waals surface area contributed by atoms with Crippen molar-refractivity contribution < 1.29 is 13.9 Å². The van der Waals surface area contributed by atoms with Crippen molar-refractivity contribution in [2.24, 2.45) is 0 Å². The van der Waals surface area contributed by atoms with Crippen LogP contribution in [0.1, 0.15) is 11.1 Å². The number of nitrogens with two attached hydrogens (primary N) is 1. The largest absolute Gasteiger partial charge is 0.494 e. The van der Waals surface area contributed by atoms with Gasteiger partial charge in [-0.3, -0.25) is 0 Å². The van der Waals surface area contributed by atoms with Gasteiger partial charge in [0.1, 0.15) is 12.4 Å². The molecule has 0 aromatic heterocycles. The number of methoxy groups -OCH3 is 1. The first-order valence-electron chi connectivity index (χ1n) is 5.92. The van der Waals surface area contributed by atoms with Gasteiger partial charge in [-0.05, 0) is 36.8 Å². The SMILES string of the molecule is COc1ccc(COc2cccc(N)c2C)cc1F. The third-order valence-corrected chi connectivity index (χ3v) is 2.94. The molecule has 0 aliphatic rings. The van der Waals surface area contributed by atoms with Crippen molar-refractivity contribution in [1.29, 1.82) is 0 Å². The third-order valence-electron chi connectivity index (χ3n) is 2.94. The van der Waals surface area contributed by atoms with Crippen LogP contribution < -0.4 is 15.2 Å². The fraction of sp³-hybridized carbons (Fsp3) is 0.200. The summed E-state index contributed by atoms with van der Waals surface area (Å²) in [4.78, 5) is 0. The number of hydrogen-bond donors (Lipinski definition) is 1. The summed E-state index contributed by atoms with van der Waals surface area (Å²) in [5.41, 5.74) is 8.10. The summed E-state index contributed by atoms with van der Waals surface area (Å²) in [6.45, 7) is 2.17. The van der Waals surface area contributed by atoms with E-state index in [1.165, 1.54) is 13.2 Å².